The van der Waals surface area contributed by atoms with E-state index in [4.69, 9.17) is 15.7 Å². The molecule has 0 spiro atoms. The molecule has 1 atom stereocenters. The Hall–Kier alpha value is -1.91. The van der Waals surface area contributed by atoms with Crippen LogP contribution in [0.4, 0.5) is 11.8 Å². The molecule has 0 saturated carbocycles. The van der Waals surface area contributed by atoms with Crippen molar-refractivity contribution in [3.05, 3.63) is 10.9 Å². The van der Waals surface area contributed by atoms with E-state index in [1.54, 1.807) is 11.3 Å². The molecule has 0 aromatic carbocycles. The Labute approximate surface area is 114 Å². The number of aryl methyl sites for hydroxylation is 1. The van der Waals surface area contributed by atoms with Gasteiger partial charge in [-0.05, 0) is 13.0 Å². The maximum Gasteiger partial charge on any atom is 0.223 e. The van der Waals surface area contributed by atoms with E-state index in [1.165, 1.54) is 4.88 Å². The summed E-state index contributed by atoms with van der Waals surface area (Å²) in [4.78, 5) is 12.7. The second-order valence-corrected chi connectivity index (χ2v) is 5.65. The molecular formula is C12H13N5OS. The first kappa shape index (κ1) is 12.1. The van der Waals surface area contributed by atoms with Crippen molar-refractivity contribution in [2.24, 2.45) is 0 Å². The van der Waals surface area contributed by atoms with Crippen LogP contribution in [-0.4, -0.2) is 35.8 Å². The Kier molecular flexibility index (Phi) is 2.97. The van der Waals surface area contributed by atoms with Crippen molar-refractivity contribution < 1.29 is 4.74 Å². The van der Waals surface area contributed by atoms with Gasteiger partial charge in [-0.15, -0.1) is 11.3 Å². The van der Waals surface area contributed by atoms with Crippen molar-refractivity contribution in [1.82, 2.24) is 9.97 Å². The van der Waals surface area contributed by atoms with Gasteiger partial charge in [-0.3, -0.25) is 0 Å². The lowest BCUT2D eigenvalue weighted by atomic mass is 10.2. The summed E-state index contributed by atoms with van der Waals surface area (Å²) in [6, 6.07) is 4.20. The van der Waals surface area contributed by atoms with Gasteiger partial charge in [-0.25, -0.2) is 4.98 Å². The van der Waals surface area contributed by atoms with Crippen molar-refractivity contribution in [1.29, 1.82) is 5.26 Å². The lowest BCUT2D eigenvalue weighted by Gasteiger charge is -2.31. The molecule has 0 aliphatic carbocycles. The lowest BCUT2D eigenvalue weighted by molar-refractivity contribution is 0.0763. The van der Waals surface area contributed by atoms with Gasteiger partial charge >= 0.3 is 0 Å². The number of nitrogens with zero attached hydrogens (tertiary/aromatic N) is 4. The average Bonchev–Trinajstić information content (AvgIpc) is 2.78. The van der Waals surface area contributed by atoms with Crippen LogP contribution in [0.3, 0.4) is 0 Å². The molecule has 6 nitrogen and oxygen atoms in total. The number of aromatic nitrogens is 2. The summed E-state index contributed by atoms with van der Waals surface area (Å²) in [6.07, 6.45) is -0.417. The highest BCUT2D eigenvalue weighted by molar-refractivity contribution is 7.18. The highest BCUT2D eigenvalue weighted by Gasteiger charge is 2.23. The molecule has 1 aliphatic heterocycles. The van der Waals surface area contributed by atoms with E-state index in [1.807, 2.05) is 11.8 Å². The van der Waals surface area contributed by atoms with Crippen LogP contribution in [0, 0.1) is 18.3 Å². The second kappa shape index (κ2) is 4.64. The molecule has 1 saturated heterocycles. The normalized spacial score (nSPS) is 19.6. The molecule has 0 amide bonds. The van der Waals surface area contributed by atoms with Crippen LogP contribution >= 0.6 is 11.3 Å². The van der Waals surface area contributed by atoms with Crippen LogP contribution in [0.5, 0.6) is 0 Å². The Bertz CT molecular complexity index is 662. The minimum Gasteiger partial charge on any atom is -0.368 e. The van der Waals surface area contributed by atoms with Crippen LogP contribution < -0.4 is 10.6 Å². The third kappa shape index (κ3) is 2.20. The predicted octanol–water partition coefficient (Wildman–Crippen LogP) is 1.31. The van der Waals surface area contributed by atoms with E-state index in [9.17, 15) is 0 Å². The van der Waals surface area contributed by atoms with Gasteiger partial charge in [0.1, 0.15) is 10.6 Å². The number of hydrogen-bond donors (Lipinski definition) is 1. The summed E-state index contributed by atoms with van der Waals surface area (Å²) in [6.45, 7) is 3.77. The summed E-state index contributed by atoms with van der Waals surface area (Å²) in [5.41, 5.74) is 5.77. The zero-order valence-corrected chi connectivity index (χ0v) is 11.3. The molecule has 0 bridgehead atoms. The number of thiophene rings is 1. The predicted molar refractivity (Wildman–Crippen MR) is 74.1 cm³/mol. The van der Waals surface area contributed by atoms with Gasteiger partial charge in [0.2, 0.25) is 5.95 Å². The molecule has 2 aromatic rings. The fourth-order valence-electron chi connectivity index (χ4n) is 2.20. The van der Waals surface area contributed by atoms with Gasteiger partial charge in [0.15, 0.2) is 6.10 Å². The molecule has 1 fully saturated rings. The highest BCUT2D eigenvalue weighted by Crippen LogP contribution is 2.31. The minimum absolute atomic E-state index is 0.268. The molecule has 2 N–H and O–H groups in total. The van der Waals surface area contributed by atoms with E-state index < -0.39 is 6.10 Å². The van der Waals surface area contributed by atoms with Crippen molar-refractivity contribution in [2.75, 3.05) is 30.3 Å². The van der Waals surface area contributed by atoms with Crippen LogP contribution in [0.25, 0.3) is 10.2 Å². The molecule has 3 rings (SSSR count). The van der Waals surface area contributed by atoms with E-state index in [0.717, 1.165) is 16.0 Å². The molecule has 98 valence electrons. The zero-order chi connectivity index (χ0) is 13.4. The fraction of sp³-hybridized carbons (Fsp3) is 0.417. The maximum absolute atomic E-state index is 8.97. The summed E-state index contributed by atoms with van der Waals surface area (Å²) in [5, 5.41) is 9.97. The quantitative estimate of drug-likeness (QED) is 0.844. The Morgan fingerprint density at radius 1 is 1.58 bits per heavy atom. The van der Waals surface area contributed by atoms with Gasteiger partial charge in [-0.1, -0.05) is 0 Å². The Balaban J connectivity index is 2.06. The fourth-order valence-corrected chi connectivity index (χ4v) is 3.08. The van der Waals surface area contributed by atoms with Crippen LogP contribution in [0.1, 0.15) is 4.88 Å². The molecule has 19 heavy (non-hydrogen) atoms. The summed E-state index contributed by atoms with van der Waals surface area (Å²) < 4.78 is 5.35. The van der Waals surface area contributed by atoms with Crippen molar-refractivity contribution >= 4 is 33.3 Å². The highest BCUT2D eigenvalue weighted by atomic mass is 32.1. The number of nitrogen functional groups attached to an aromatic ring is 1. The van der Waals surface area contributed by atoms with E-state index in [-0.39, 0.29) is 5.95 Å². The third-order valence-electron chi connectivity index (χ3n) is 3.02. The average molecular weight is 275 g/mol. The largest absolute Gasteiger partial charge is 0.368 e. The zero-order valence-electron chi connectivity index (χ0n) is 10.5. The number of hydrogen-bond acceptors (Lipinski definition) is 7. The molecule has 1 unspecified atom stereocenters. The van der Waals surface area contributed by atoms with Gasteiger partial charge in [0.25, 0.3) is 0 Å². The second-order valence-electron chi connectivity index (χ2n) is 4.42. The van der Waals surface area contributed by atoms with Crippen molar-refractivity contribution in [2.45, 2.75) is 13.0 Å². The standard InChI is InChI=1S/C12H13N5OS/c1-7-4-9-10(15-12(14)16-11(9)19-7)17-2-3-18-8(5-13)6-17/h4,8H,2-3,6H2,1H3,(H2,14,15,16). The Morgan fingerprint density at radius 2 is 2.42 bits per heavy atom. The number of morpholine rings is 1. The van der Waals surface area contributed by atoms with Crippen molar-refractivity contribution in [3.8, 4) is 6.07 Å². The third-order valence-corrected chi connectivity index (χ3v) is 3.97. The topological polar surface area (TPSA) is 88.1 Å². The summed E-state index contributed by atoms with van der Waals surface area (Å²) >= 11 is 1.60. The minimum atomic E-state index is -0.417. The first-order valence-corrected chi connectivity index (χ1v) is 6.79. The first-order chi connectivity index (χ1) is 9.17. The molecule has 7 heteroatoms. The van der Waals surface area contributed by atoms with Gasteiger partial charge < -0.3 is 15.4 Å². The van der Waals surface area contributed by atoms with Gasteiger partial charge in [0.05, 0.1) is 24.6 Å². The number of ether oxygens (including phenoxy) is 1. The smallest absolute Gasteiger partial charge is 0.223 e. The van der Waals surface area contributed by atoms with E-state index >= 15 is 0 Å². The number of nitriles is 1. The molecule has 3 heterocycles. The van der Waals surface area contributed by atoms with Gasteiger partial charge in [-0.2, -0.15) is 10.2 Å². The van der Waals surface area contributed by atoms with Crippen LogP contribution in [0.15, 0.2) is 6.07 Å². The molecular weight excluding hydrogens is 262 g/mol. The summed E-state index contributed by atoms with van der Waals surface area (Å²) in [5.74, 6) is 1.07. The molecule has 0 radical (unpaired) electrons. The number of anilines is 2. The number of fused-ring (bicyclic) bond motifs is 1. The first-order valence-electron chi connectivity index (χ1n) is 5.97. The van der Waals surface area contributed by atoms with Crippen molar-refractivity contribution in [3.63, 3.8) is 0 Å². The lowest BCUT2D eigenvalue weighted by Crippen LogP contribution is -2.42. The number of rotatable bonds is 1. The summed E-state index contributed by atoms with van der Waals surface area (Å²) in [7, 11) is 0. The SMILES string of the molecule is Cc1cc2c(N3CCOC(C#N)C3)nc(N)nc2s1. The van der Waals surface area contributed by atoms with Crippen LogP contribution in [0.2, 0.25) is 0 Å². The van der Waals surface area contributed by atoms with E-state index in [0.29, 0.717) is 19.7 Å². The number of nitrogens with two attached hydrogens (primary N) is 1. The monoisotopic (exact) mass is 275 g/mol. The molecule has 1 aliphatic rings. The van der Waals surface area contributed by atoms with Gasteiger partial charge in [0, 0.05) is 11.4 Å². The van der Waals surface area contributed by atoms with Crippen LogP contribution in [-0.2, 0) is 4.74 Å². The molecule has 2 aromatic heterocycles. The maximum atomic E-state index is 8.97. The van der Waals surface area contributed by atoms with E-state index in [2.05, 4.69) is 22.1 Å². The Morgan fingerprint density at radius 3 is 3.21 bits per heavy atom.